The van der Waals surface area contributed by atoms with Gasteiger partial charge in [-0.3, -0.25) is 9.59 Å². The summed E-state index contributed by atoms with van der Waals surface area (Å²) in [7, 11) is 4.68. The first-order valence-electron chi connectivity index (χ1n) is 8.18. The van der Waals surface area contributed by atoms with Crippen molar-refractivity contribution in [3.63, 3.8) is 0 Å². The van der Waals surface area contributed by atoms with Crippen molar-refractivity contribution < 1.29 is 23.8 Å². The van der Waals surface area contributed by atoms with Crippen LogP contribution in [0.2, 0.25) is 0 Å². The van der Waals surface area contributed by atoms with Gasteiger partial charge in [-0.1, -0.05) is 0 Å². The molecular formula is C21H20O5. The monoisotopic (exact) mass is 352 g/mol. The summed E-state index contributed by atoms with van der Waals surface area (Å²) in [5, 5.41) is 0. The molecule has 134 valence electrons. The van der Waals surface area contributed by atoms with Gasteiger partial charge in [-0.25, -0.2) is 0 Å². The molecule has 0 spiro atoms. The van der Waals surface area contributed by atoms with Gasteiger partial charge in [-0.15, -0.1) is 0 Å². The molecule has 5 nitrogen and oxygen atoms in total. The van der Waals surface area contributed by atoms with Crippen LogP contribution >= 0.6 is 0 Å². The Hall–Kier alpha value is -3.08. The molecule has 0 heterocycles. The van der Waals surface area contributed by atoms with Crippen LogP contribution in [0.15, 0.2) is 47.5 Å². The first-order chi connectivity index (χ1) is 12.5. The van der Waals surface area contributed by atoms with E-state index in [9.17, 15) is 9.59 Å². The number of ketones is 2. The fourth-order valence-electron chi connectivity index (χ4n) is 3.13. The van der Waals surface area contributed by atoms with Crippen LogP contribution in [0.25, 0.3) is 0 Å². The van der Waals surface area contributed by atoms with Gasteiger partial charge in [0, 0.05) is 34.3 Å². The van der Waals surface area contributed by atoms with E-state index in [0.717, 1.165) is 5.56 Å². The van der Waals surface area contributed by atoms with Crippen molar-refractivity contribution in [1.82, 2.24) is 0 Å². The number of fused-ring (bicyclic) bond motifs is 1. The van der Waals surface area contributed by atoms with Gasteiger partial charge in [0.1, 0.15) is 17.2 Å². The molecule has 0 bridgehead atoms. The Balaban J connectivity index is 2.06. The number of carbonyl (C=O) groups excluding carboxylic acids is 2. The highest BCUT2D eigenvalue weighted by atomic mass is 16.5. The molecule has 3 rings (SSSR count). The summed E-state index contributed by atoms with van der Waals surface area (Å²) >= 11 is 0. The molecule has 1 aliphatic rings. The first kappa shape index (κ1) is 17.7. The van der Waals surface area contributed by atoms with Crippen molar-refractivity contribution in [2.45, 2.75) is 13.3 Å². The number of hydrogen-bond donors (Lipinski definition) is 0. The highest BCUT2D eigenvalue weighted by Gasteiger charge is 2.30. The summed E-state index contributed by atoms with van der Waals surface area (Å²) in [6.45, 7) is 1.69. The largest absolute Gasteiger partial charge is 0.497 e. The Morgan fingerprint density at radius 1 is 0.769 bits per heavy atom. The van der Waals surface area contributed by atoms with E-state index in [1.54, 1.807) is 51.5 Å². The van der Waals surface area contributed by atoms with E-state index >= 15 is 0 Å². The first-order valence-corrected chi connectivity index (χ1v) is 8.18. The molecule has 0 saturated carbocycles. The molecule has 5 heteroatoms. The molecule has 0 amide bonds. The molecule has 0 saturated heterocycles. The Morgan fingerprint density at radius 3 is 2.08 bits per heavy atom. The van der Waals surface area contributed by atoms with Crippen molar-refractivity contribution in [1.29, 1.82) is 0 Å². The molecule has 0 unspecified atom stereocenters. The molecule has 26 heavy (non-hydrogen) atoms. The lowest BCUT2D eigenvalue weighted by molar-refractivity contribution is 0.0972. The number of rotatable bonds is 5. The third kappa shape index (κ3) is 2.96. The van der Waals surface area contributed by atoms with Gasteiger partial charge in [0.2, 0.25) is 0 Å². The van der Waals surface area contributed by atoms with Crippen LogP contribution in [0.1, 0.15) is 33.2 Å². The number of allylic oxidation sites excluding steroid dienone is 2. The molecule has 0 aromatic heterocycles. The third-order valence-corrected chi connectivity index (χ3v) is 4.64. The molecule has 0 N–H and O–H groups in total. The number of methoxy groups -OCH3 is 3. The smallest absolute Gasteiger partial charge is 0.190 e. The lowest BCUT2D eigenvalue weighted by Gasteiger charge is -2.20. The maximum atomic E-state index is 13.1. The molecule has 0 aliphatic heterocycles. The van der Waals surface area contributed by atoms with Crippen LogP contribution in [0.3, 0.4) is 0 Å². The van der Waals surface area contributed by atoms with E-state index in [4.69, 9.17) is 14.2 Å². The van der Waals surface area contributed by atoms with E-state index < -0.39 is 0 Å². The molecule has 0 fully saturated rings. The summed E-state index contributed by atoms with van der Waals surface area (Å²) in [5.74, 6) is 1.54. The van der Waals surface area contributed by atoms with Crippen molar-refractivity contribution in [2.75, 3.05) is 21.3 Å². The average Bonchev–Trinajstić information content (AvgIpc) is 2.68. The van der Waals surface area contributed by atoms with Crippen molar-refractivity contribution in [3.05, 3.63) is 64.2 Å². The third-order valence-electron chi connectivity index (χ3n) is 4.64. The number of ether oxygens (including phenoxy) is 3. The van der Waals surface area contributed by atoms with E-state index in [1.165, 1.54) is 7.11 Å². The Bertz CT molecular complexity index is 924. The number of Topliss-reactive ketones (excluding diaryl/α,β-unsaturated/α-hetero) is 2. The van der Waals surface area contributed by atoms with Gasteiger partial charge in [0.05, 0.1) is 21.3 Å². The quantitative estimate of drug-likeness (QED) is 0.822. The predicted molar refractivity (Wildman–Crippen MR) is 97.6 cm³/mol. The van der Waals surface area contributed by atoms with Gasteiger partial charge >= 0.3 is 0 Å². The molecule has 1 aliphatic carbocycles. The second-order valence-corrected chi connectivity index (χ2v) is 6.03. The maximum Gasteiger partial charge on any atom is 0.190 e. The summed E-state index contributed by atoms with van der Waals surface area (Å²) in [6.07, 6.45) is 0.285. The summed E-state index contributed by atoms with van der Waals surface area (Å²) in [6, 6.07) is 10.3. The summed E-state index contributed by atoms with van der Waals surface area (Å²) in [5.41, 5.74) is 2.49. The van der Waals surface area contributed by atoms with Gasteiger partial charge in [-0.05, 0) is 43.3 Å². The molecule has 2 aromatic rings. The second kappa shape index (κ2) is 7.04. The highest BCUT2D eigenvalue weighted by Crippen LogP contribution is 2.33. The van der Waals surface area contributed by atoms with Crippen LogP contribution in [-0.2, 0) is 6.42 Å². The van der Waals surface area contributed by atoms with Crippen LogP contribution < -0.4 is 14.2 Å². The van der Waals surface area contributed by atoms with E-state index in [-0.39, 0.29) is 18.0 Å². The normalized spacial score (nSPS) is 13.5. The number of benzene rings is 2. The van der Waals surface area contributed by atoms with Gasteiger partial charge in [0.15, 0.2) is 11.6 Å². The molecule has 0 atom stereocenters. The minimum absolute atomic E-state index is 0.140. The topological polar surface area (TPSA) is 61.8 Å². The van der Waals surface area contributed by atoms with Crippen LogP contribution in [0, 0.1) is 0 Å². The fourth-order valence-corrected chi connectivity index (χ4v) is 3.13. The van der Waals surface area contributed by atoms with Crippen LogP contribution in [0.5, 0.6) is 17.2 Å². The Kier molecular flexibility index (Phi) is 4.80. The maximum absolute atomic E-state index is 13.1. The zero-order valence-electron chi connectivity index (χ0n) is 15.2. The minimum atomic E-state index is -0.166. The highest BCUT2D eigenvalue weighted by molar-refractivity contribution is 6.27. The fraction of sp³-hybridized carbons (Fsp3) is 0.238. The second-order valence-electron chi connectivity index (χ2n) is 6.03. The van der Waals surface area contributed by atoms with E-state index in [2.05, 4.69) is 0 Å². The predicted octanol–water partition coefficient (Wildman–Crippen LogP) is 3.65. The van der Waals surface area contributed by atoms with Crippen molar-refractivity contribution in [2.24, 2.45) is 0 Å². The lowest BCUT2D eigenvalue weighted by atomic mass is 9.82. The van der Waals surface area contributed by atoms with Crippen molar-refractivity contribution >= 4 is 11.6 Å². The summed E-state index contributed by atoms with van der Waals surface area (Å²) in [4.78, 5) is 25.8. The molecular weight excluding hydrogens is 332 g/mol. The molecule has 0 radical (unpaired) electrons. The lowest BCUT2D eigenvalue weighted by Crippen LogP contribution is -2.22. The van der Waals surface area contributed by atoms with Gasteiger partial charge in [0.25, 0.3) is 0 Å². The summed E-state index contributed by atoms with van der Waals surface area (Å²) < 4.78 is 15.9. The Morgan fingerprint density at radius 2 is 1.42 bits per heavy atom. The SMILES string of the molecule is COc1ccc(OC)c(CC2=C(C)C(=O)c3ccc(OC)cc3C2=O)c1. The van der Waals surface area contributed by atoms with Crippen LogP contribution in [-0.4, -0.2) is 32.9 Å². The number of carbonyl (C=O) groups is 2. The zero-order chi connectivity index (χ0) is 18.8. The van der Waals surface area contributed by atoms with E-state index in [0.29, 0.717) is 39.5 Å². The standard InChI is InChI=1S/C21H20O5/c1-12-17(10-13-9-14(24-2)6-8-19(13)26-4)21(23)18-11-15(25-3)5-7-16(18)20(12)22/h5-9,11H,10H2,1-4H3. The van der Waals surface area contributed by atoms with Gasteiger partial charge < -0.3 is 14.2 Å². The number of hydrogen-bond acceptors (Lipinski definition) is 5. The minimum Gasteiger partial charge on any atom is -0.497 e. The Labute approximate surface area is 152 Å². The van der Waals surface area contributed by atoms with Gasteiger partial charge in [-0.2, -0.15) is 0 Å². The van der Waals surface area contributed by atoms with Crippen molar-refractivity contribution in [3.8, 4) is 17.2 Å². The molecule has 2 aromatic carbocycles. The van der Waals surface area contributed by atoms with E-state index in [1.807, 2.05) is 6.07 Å². The zero-order valence-corrected chi connectivity index (χ0v) is 15.2. The average molecular weight is 352 g/mol. The van der Waals surface area contributed by atoms with Crippen LogP contribution in [0.4, 0.5) is 0 Å².